The van der Waals surface area contributed by atoms with Crippen molar-refractivity contribution in [3.05, 3.63) is 165 Å². The maximum atomic E-state index is 14.3. The molecule has 5 aromatic rings. The van der Waals surface area contributed by atoms with Crippen molar-refractivity contribution in [1.82, 2.24) is 0 Å². The third kappa shape index (κ3) is 4.49. The molecule has 10 nitrogen and oxygen atoms in total. The molecule has 2 N–H and O–H groups in total. The number of ether oxygens (including phenoxy) is 7. The Morgan fingerprint density at radius 3 is 2.10 bits per heavy atom. The summed E-state index contributed by atoms with van der Waals surface area (Å²) in [7, 11) is 4.79. The Balaban J connectivity index is 1.32. The fourth-order valence-electron chi connectivity index (χ4n) is 11.8. The van der Waals surface area contributed by atoms with Gasteiger partial charge in [0.25, 0.3) is 5.79 Å². The third-order valence-corrected chi connectivity index (χ3v) is 14.1. The molecule has 4 bridgehead atoms. The van der Waals surface area contributed by atoms with E-state index in [4.69, 9.17) is 33.2 Å². The molecule has 2 fully saturated rings. The molecule has 6 aliphatic rings. The summed E-state index contributed by atoms with van der Waals surface area (Å²) >= 11 is 0. The van der Waals surface area contributed by atoms with Crippen LogP contribution >= 0.6 is 0 Å². The highest BCUT2D eigenvalue weighted by molar-refractivity contribution is 6.06. The van der Waals surface area contributed by atoms with Crippen LogP contribution < -0.4 is 23.7 Å². The number of hydrogen-bond donors (Lipinski definition) is 2. The Labute approximate surface area is 347 Å². The van der Waals surface area contributed by atoms with Crippen molar-refractivity contribution in [2.75, 3.05) is 21.3 Å². The zero-order chi connectivity index (χ0) is 41.3. The molecule has 304 valence electrons. The minimum Gasteiger partial charge on any atom is -0.507 e. The number of benzene rings is 5. The lowest BCUT2D eigenvalue weighted by Crippen LogP contribution is -2.58. The van der Waals surface area contributed by atoms with Gasteiger partial charge in [-0.3, -0.25) is 4.79 Å². The highest BCUT2D eigenvalue weighted by atomic mass is 16.7. The van der Waals surface area contributed by atoms with E-state index in [1.807, 2.05) is 84.9 Å². The number of ketones is 1. The monoisotopic (exact) mass is 804 g/mol. The largest absolute Gasteiger partial charge is 0.507 e. The zero-order valence-corrected chi connectivity index (χ0v) is 33.9. The lowest BCUT2D eigenvalue weighted by atomic mass is 9.57. The molecule has 3 unspecified atom stereocenters. The Morgan fingerprint density at radius 2 is 1.43 bits per heavy atom. The smallest absolute Gasteiger partial charge is 0.281 e. The molecule has 0 amide bonds. The zero-order valence-electron chi connectivity index (χ0n) is 33.9. The summed E-state index contributed by atoms with van der Waals surface area (Å²) in [6, 6.07) is 32.6. The SMILES string of the molecule is COC1=C(C)C(=O)C=C2O[C@@]3(c4ccccc4)Oc4cc(OC)c5c(c4C4C3[C@H]3c6c(cc(O)c(C)c6OC)O[C@@](O)(c6ccccc6)C3[C@@]214)O[C@H](c1ccccc1)CC5. The van der Waals surface area contributed by atoms with Crippen LogP contribution in [-0.4, -0.2) is 37.3 Å². The molecule has 1 saturated carbocycles. The Bertz CT molecular complexity index is 2670. The average Bonchev–Trinajstić information content (AvgIpc) is 3.54. The molecule has 4 heterocycles. The van der Waals surface area contributed by atoms with Gasteiger partial charge in [0.05, 0.1) is 33.2 Å². The number of carbonyl (C=O) groups excluding carboxylic acids is 1. The van der Waals surface area contributed by atoms with E-state index < -0.39 is 40.7 Å². The van der Waals surface area contributed by atoms with E-state index in [0.29, 0.717) is 69.4 Å². The third-order valence-electron chi connectivity index (χ3n) is 14.1. The fourth-order valence-corrected chi connectivity index (χ4v) is 11.8. The van der Waals surface area contributed by atoms with Gasteiger partial charge in [-0.2, -0.15) is 0 Å². The molecule has 8 atom stereocenters. The first-order valence-corrected chi connectivity index (χ1v) is 20.4. The molecule has 11 rings (SSSR count). The Kier molecular flexibility index (Phi) is 7.83. The number of phenolic OH excluding ortho intramolecular Hbond substituents is 1. The van der Waals surface area contributed by atoms with Crippen molar-refractivity contribution < 1.29 is 48.2 Å². The van der Waals surface area contributed by atoms with Crippen LogP contribution in [0.2, 0.25) is 0 Å². The summed E-state index contributed by atoms with van der Waals surface area (Å²) in [4.78, 5) is 14.3. The van der Waals surface area contributed by atoms with Crippen LogP contribution in [0.15, 0.2) is 126 Å². The number of rotatable bonds is 6. The molecule has 0 radical (unpaired) electrons. The van der Waals surface area contributed by atoms with Crippen LogP contribution in [-0.2, 0) is 32.3 Å². The molecule has 4 aliphatic heterocycles. The second-order valence-corrected chi connectivity index (χ2v) is 16.6. The molecular weight excluding hydrogens is 761 g/mol. The van der Waals surface area contributed by atoms with Crippen LogP contribution in [0.25, 0.3) is 0 Å². The van der Waals surface area contributed by atoms with E-state index in [1.54, 1.807) is 47.3 Å². The van der Waals surface area contributed by atoms with Crippen LogP contribution in [0.1, 0.15) is 70.2 Å². The summed E-state index contributed by atoms with van der Waals surface area (Å²) in [5.41, 5.74) is 3.97. The van der Waals surface area contributed by atoms with Gasteiger partial charge in [-0.15, -0.1) is 0 Å². The van der Waals surface area contributed by atoms with Crippen molar-refractivity contribution in [2.24, 2.45) is 17.3 Å². The number of carbonyl (C=O) groups is 1. The van der Waals surface area contributed by atoms with E-state index in [0.717, 1.165) is 16.7 Å². The number of phenols is 1. The number of allylic oxidation sites excluding steroid dienone is 2. The lowest BCUT2D eigenvalue weighted by Gasteiger charge is -2.57. The topological polar surface area (TPSA) is 122 Å². The predicted molar refractivity (Wildman–Crippen MR) is 219 cm³/mol. The molecule has 1 spiro atoms. The number of aliphatic hydroxyl groups is 1. The van der Waals surface area contributed by atoms with E-state index >= 15 is 0 Å². The minimum absolute atomic E-state index is 0.0481. The predicted octanol–water partition coefficient (Wildman–Crippen LogP) is 8.78. The Morgan fingerprint density at radius 1 is 0.767 bits per heavy atom. The normalized spacial score (nSPS) is 30.1. The van der Waals surface area contributed by atoms with Crippen molar-refractivity contribution >= 4 is 5.78 Å². The van der Waals surface area contributed by atoms with Crippen LogP contribution in [0, 0.1) is 24.2 Å². The minimum atomic E-state index is -2.11. The molecule has 0 aromatic heterocycles. The summed E-state index contributed by atoms with van der Waals surface area (Å²) < 4.78 is 48.1. The van der Waals surface area contributed by atoms with Gasteiger partial charge in [-0.25, -0.2) is 0 Å². The van der Waals surface area contributed by atoms with E-state index in [-0.39, 0.29) is 29.1 Å². The van der Waals surface area contributed by atoms with Crippen molar-refractivity contribution in [2.45, 2.75) is 56.2 Å². The standard InChI is InChI=1S/C50H44O10/c1-26-32(51)23-36-39(44(26)55-4)41-43-42-40-37(25-35(54-3)31-21-22-34(57-45(31)40)28-15-9-6-10-16-28)59-50(43,30-19-13-8-14-20-30)60-38-24-33(52)27(2)47(56-5)48(38,42)46(41)49(53,58-36)29-17-11-7-12-18-29/h6-20,23-25,34,41-43,46,51,53H,21-22H2,1-5H3/t34-,41+,42?,43?,46?,48-,49-,50+/m0/s1. The van der Waals surface area contributed by atoms with Crippen LogP contribution in [0.5, 0.6) is 34.5 Å². The number of hydrogen-bond acceptors (Lipinski definition) is 10. The first-order chi connectivity index (χ1) is 29.1. The number of fused-ring (bicyclic) bond motifs is 6. The van der Waals surface area contributed by atoms with E-state index in [1.165, 1.54) is 0 Å². The fraction of sp³-hybridized carbons (Fsp3) is 0.300. The van der Waals surface area contributed by atoms with Gasteiger partial charge in [-0.05, 0) is 32.3 Å². The average molecular weight is 805 g/mol. The van der Waals surface area contributed by atoms with Crippen molar-refractivity contribution in [3.63, 3.8) is 0 Å². The summed E-state index contributed by atoms with van der Waals surface area (Å²) in [5.74, 6) is -3.97. The first-order valence-electron chi connectivity index (χ1n) is 20.4. The van der Waals surface area contributed by atoms with Gasteiger partial charge >= 0.3 is 0 Å². The van der Waals surface area contributed by atoms with Crippen molar-refractivity contribution in [3.8, 4) is 34.5 Å². The van der Waals surface area contributed by atoms with Gasteiger partial charge in [0.2, 0.25) is 5.79 Å². The molecule has 2 aliphatic carbocycles. The molecule has 60 heavy (non-hydrogen) atoms. The van der Waals surface area contributed by atoms with E-state index in [9.17, 15) is 15.0 Å². The van der Waals surface area contributed by atoms with Gasteiger partial charge in [0.15, 0.2) is 5.78 Å². The molecule has 5 aromatic carbocycles. The number of methoxy groups -OCH3 is 3. The van der Waals surface area contributed by atoms with Gasteiger partial charge in [-0.1, -0.05) is 91.0 Å². The highest BCUT2D eigenvalue weighted by Crippen LogP contribution is 2.84. The molecule has 1 saturated heterocycles. The highest BCUT2D eigenvalue weighted by Gasteiger charge is 2.84. The summed E-state index contributed by atoms with van der Waals surface area (Å²) in [6.07, 6.45) is 2.62. The van der Waals surface area contributed by atoms with Gasteiger partial charge in [0, 0.05) is 69.0 Å². The Hall–Kier alpha value is -6.39. The summed E-state index contributed by atoms with van der Waals surface area (Å²) in [5, 5.41) is 25.3. The maximum absolute atomic E-state index is 14.3. The molecule has 10 heteroatoms. The van der Waals surface area contributed by atoms with Gasteiger partial charge < -0.3 is 43.4 Å². The molecular formula is C50H44O10. The second-order valence-electron chi connectivity index (χ2n) is 16.6. The van der Waals surface area contributed by atoms with Crippen LogP contribution in [0.3, 0.4) is 0 Å². The second kappa shape index (κ2) is 12.8. The number of aromatic hydroxyl groups is 1. The van der Waals surface area contributed by atoms with Gasteiger partial charge in [0.1, 0.15) is 57.5 Å². The first kappa shape index (κ1) is 36.7. The van der Waals surface area contributed by atoms with Crippen LogP contribution in [0.4, 0.5) is 0 Å². The van der Waals surface area contributed by atoms with E-state index in [2.05, 4.69) is 12.1 Å². The quantitative estimate of drug-likeness (QED) is 0.172. The summed E-state index contributed by atoms with van der Waals surface area (Å²) in [6.45, 7) is 3.56. The lowest BCUT2D eigenvalue weighted by molar-refractivity contribution is -0.254. The maximum Gasteiger partial charge on any atom is 0.281 e. The van der Waals surface area contributed by atoms with Crippen molar-refractivity contribution in [1.29, 1.82) is 0 Å².